The fourth-order valence-corrected chi connectivity index (χ4v) is 5.31. The molecule has 0 spiro atoms. The van der Waals surface area contributed by atoms with E-state index in [1.165, 1.54) is 25.7 Å². The molecule has 5 heteroatoms. The highest BCUT2D eigenvalue weighted by atomic mass is 32.2. The van der Waals surface area contributed by atoms with Crippen molar-refractivity contribution in [3.05, 3.63) is 29.8 Å². The number of benzene rings is 1. The normalized spacial score (nSPS) is 28.4. The van der Waals surface area contributed by atoms with Gasteiger partial charge in [0.15, 0.2) is 0 Å². The monoisotopic (exact) mass is 308 g/mol. The van der Waals surface area contributed by atoms with Crippen molar-refractivity contribution < 1.29 is 8.42 Å². The molecular formula is C16H24N2O2S. The minimum atomic E-state index is -3.29. The van der Waals surface area contributed by atoms with Gasteiger partial charge in [-0.3, -0.25) is 0 Å². The van der Waals surface area contributed by atoms with Gasteiger partial charge in [-0.05, 0) is 48.6 Å². The molecule has 0 saturated heterocycles. The SMILES string of the molecule is CN(CC1CC2CCC1C2)S(=O)(=O)Cc1ccccc1N. The van der Waals surface area contributed by atoms with E-state index in [1.54, 1.807) is 23.5 Å². The van der Waals surface area contributed by atoms with E-state index in [1.807, 2.05) is 12.1 Å². The Morgan fingerprint density at radius 3 is 2.62 bits per heavy atom. The number of fused-ring (bicyclic) bond motifs is 2. The van der Waals surface area contributed by atoms with E-state index in [-0.39, 0.29) is 5.75 Å². The fourth-order valence-electron chi connectivity index (χ4n) is 4.02. The molecule has 116 valence electrons. The van der Waals surface area contributed by atoms with E-state index in [9.17, 15) is 8.42 Å². The molecule has 2 fully saturated rings. The van der Waals surface area contributed by atoms with Crippen molar-refractivity contribution in [2.75, 3.05) is 19.3 Å². The van der Waals surface area contributed by atoms with Crippen molar-refractivity contribution in [2.45, 2.75) is 31.4 Å². The van der Waals surface area contributed by atoms with E-state index in [0.717, 1.165) is 11.8 Å². The quantitative estimate of drug-likeness (QED) is 0.850. The molecule has 3 rings (SSSR count). The maximum absolute atomic E-state index is 12.5. The zero-order valence-corrected chi connectivity index (χ0v) is 13.3. The Hall–Kier alpha value is -1.07. The number of hydrogen-bond donors (Lipinski definition) is 1. The number of nitrogens with zero attached hydrogens (tertiary/aromatic N) is 1. The molecule has 0 aliphatic heterocycles. The summed E-state index contributed by atoms with van der Waals surface area (Å²) < 4.78 is 26.6. The Kier molecular flexibility index (Phi) is 3.97. The number of anilines is 1. The van der Waals surface area contributed by atoms with Gasteiger partial charge < -0.3 is 5.73 Å². The number of nitrogen functional groups attached to an aromatic ring is 1. The van der Waals surface area contributed by atoms with Crippen molar-refractivity contribution in [3.63, 3.8) is 0 Å². The molecular weight excluding hydrogens is 284 g/mol. The third kappa shape index (κ3) is 3.09. The molecule has 3 atom stereocenters. The summed E-state index contributed by atoms with van der Waals surface area (Å²) in [5.41, 5.74) is 7.10. The summed E-state index contributed by atoms with van der Waals surface area (Å²) in [4.78, 5) is 0. The van der Waals surface area contributed by atoms with E-state index < -0.39 is 10.0 Å². The standard InChI is InChI=1S/C16H24N2O2S/c1-18(10-15-9-12-6-7-13(15)8-12)21(19,20)11-14-4-2-3-5-16(14)17/h2-5,12-13,15H,6-11,17H2,1H3. The number of nitrogens with two attached hydrogens (primary N) is 1. The molecule has 3 unspecified atom stereocenters. The molecule has 2 N–H and O–H groups in total. The Morgan fingerprint density at radius 2 is 2.00 bits per heavy atom. The predicted octanol–water partition coefficient (Wildman–Crippen LogP) is 2.47. The van der Waals surface area contributed by atoms with Gasteiger partial charge in [0.1, 0.15) is 0 Å². The molecule has 2 aliphatic rings. The maximum Gasteiger partial charge on any atom is 0.218 e. The van der Waals surface area contributed by atoms with Crippen LogP contribution in [0.1, 0.15) is 31.2 Å². The zero-order chi connectivity index (χ0) is 15.0. The van der Waals surface area contributed by atoms with Gasteiger partial charge in [-0.1, -0.05) is 24.6 Å². The third-order valence-electron chi connectivity index (χ3n) is 5.24. The lowest BCUT2D eigenvalue weighted by Crippen LogP contribution is -2.34. The summed E-state index contributed by atoms with van der Waals surface area (Å²) in [5, 5.41) is 0. The molecule has 4 nitrogen and oxygen atoms in total. The van der Waals surface area contributed by atoms with Crippen LogP contribution in [-0.4, -0.2) is 26.3 Å². The van der Waals surface area contributed by atoms with Crippen LogP contribution in [0.25, 0.3) is 0 Å². The lowest BCUT2D eigenvalue weighted by atomic mass is 9.89. The first kappa shape index (κ1) is 14.9. The molecule has 2 bridgehead atoms. The summed E-state index contributed by atoms with van der Waals surface area (Å²) in [6.45, 7) is 0.663. The van der Waals surface area contributed by atoms with Crippen LogP contribution in [0.2, 0.25) is 0 Å². The van der Waals surface area contributed by atoms with E-state index in [2.05, 4.69) is 0 Å². The number of sulfonamides is 1. The summed E-state index contributed by atoms with van der Waals surface area (Å²) in [5.74, 6) is 2.14. The molecule has 0 amide bonds. The van der Waals surface area contributed by atoms with E-state index >= 15 is 0 Å². The lowest BCUT2D eigenvalue weighted by molar-refractivity contribution is 0.280. The Morgan fingerprint density at radius 1 is 1.24 bits per heavy atom. The van der Waals surface area contributed by atoms with Gasteiger partial charge in [-0.25, -0.2) is 12.7 Å². The third-order valence-corrected chi connectivity index (χ3v) is 7.02. The second-order valence-corrected chi connectivity index (χ2v) is 8.75. The van der Waals surface area contributed by atoms with Crippen molar-refractivity contribution in [2.24, 2.45) is 17.8 Å². The van der Waals surface area contributed by atoms with Crippen LogP contribution in [-0.2, 0) is 15.8 Å². The minimum absolute atomic E-state index is 0.00299. The largest absolute Gasteiger partial charge is 0.398 e. The van der Waals surface area contributed by atoms with Crippen molar-refractivity contribution >= 4 is 15.7 Å². The highest BCUT2D eigenvalue weighted by Crippen LogP contribution is 2.48. The number of hydrogen-bond acceptors (Lipinski definition) is 3. The molecule has 21 heavy (non-hydrogen) atoms. The maximum atomic E-state index is 12.5. The first-order valence-electron chi connectivity index (χ1n) is 7.73. The molecule has 0 heterocycles. The van der Waals surface area contributed by atoms with Crippen LogP contribution in [0, 0.1) is 17.8 Å². The van der Waals surface area contributed by atoms with Gasteiger partial charge in [0.2, 0.25) is 10.0 Å². The van der Waals surface area contributed by atoms with Crippen molar-refractivity contribution in [1.82, 2.24) is 4.31 Å². The Labute approximate surface area is 127 Å². The average Bonchev–Trinajstić information content (AvgIpc) is 3.03. The van der Waals surface area contributed by atoms with Crippen LogP contribution in [0.15, 0.2) is 24.3 Å². The van der Waals surface area contributed by atoms with E-state index in [4.69, 9.17) is 5.73 Å². The van der Waals surface area contributed by atoms with Crippen LogP contribution < -0.4 is 5.73 Å². The van der Waals surface area contributed by atoms with Gasteiger partial charge in [0, 0.05) is 19.3 Å². The van der Waals surface area contributed by atoms with Crippen LogP contribution >= 0.6 is 0 Å². The average molecular weight is 308 g/mol. The first-order chi connectivity index (χ1) is 9.95. The van der Waals surface area contributed by atoms with Gasteiger partial charge in [0.25, 0.3) is 0 Å². The smallest absolute Gasteiger partial charge is 0.218 e. The molecule has 0 radical (unpaired) electrons. The molecule has 1 aromatic rings. The number of rotatable bonds is 5. The van der Waals surface area contributed by atoms with E-state index in [0.29, 0.717) is 23.7 Å². The van der Waals surface area contributed by atoms with Gasteiger partial charge in [0.05, 0.1) is 5.75 Å². The second kappa shape index (κ2) is 5.61. The second-order valence-electron chi connectivity index (χ2n) is 6.67. The van der Waals surface area contributed by atoms with Crippen LogP contribution in [0.3, 0.4) is 0 Å². The van der Waals surface area contributed by atoms with Crippen molar-refractivity contribution in [1.29, 1.82) is 0 Å². The van der Waals surface area contributed by atoms with Gasteiger partial charge >= 0.3 is 0 Å². The Bertz CT molecular complexity index is 614. The first-order valence-corrected chi connectivity index (χ1v) is 9.34. The highest BCUT2D eigenvalue weighted by molar-refractivity contribution is 7.88. The topological polar surface area (TPSA) is 63.4 Å². The van der Waals surface area contributed by atoms with Crippen LogP contribution in [0.4, 0.5) is 5.69 Å². The Balaban J connectivity index is 1.65. The highest BCUT2D eigenvalue weighted by Gasteiger charge is 2.40. The van der Waals surface area contributed by atoms with Gasteiger partial charge in [-0.15, -0.1) is 0 Å². The molecule has 2 saturated carbocycles. The zero-order valence-electron chi connectivity index (χ0n) is 12.5. The molecule has 0 aromatic heterocycles. The summed E-state index contributed by atoms with van der Waals surface area (Å²) in [7, 11) is -1.58. The van der Waals surface area contributed by atoms with Crippen molar-refractivity contribution in [3.8, 4) is 0 Å². The summed E-state index contributed by atoms with van der Waals surface area (Å²) in [6.07, 6.45) is 5.15. The fraction of sp³-hybridized carbons (Fsp3) is 0.625. The predicted molar refractivity (Wildman–Crippen MR) is 85.0 cm³/mol. The molecule has 1 aromatic carbocycles. The lowest BCUT2D eigenvalue weighted by Gasteiger charge is -2.27. The minimum Gasteiger partial charge on any atom is -0.398 e. The summed E-state index contributed by atoms with van der Waals surface area (Å²) >= 11 is 0. The summed E-state index contributed by atoms with van der Waals surface area (Å²) in [6, 6.07) is 7.20. The number of para-hydroxylation sites is 1. The molecule has 2 aliphatic carbocycles. The van der Waals surface area contributed by atoms with Crippen LogP contribution in [0.5, 0.6) is 0 Å². The van der Waals surface area contributed by atoms with Gasteiger partial charge in [-0.2, -0.15) is 0 Å².